The SMILES string of the molecule is CCc1c(N2CCN(C(=O)OC(C)(C)C)[C@H]3CC[C@@H]32)c(=O)c2nn(-c3ccnc(OC)c3)nc2n1CC(=O)NC12CC(C(F)(F)F)(C1)C2. The van der Waals surface area contributed by atoms with Crippen molar-refractivity contribution in [3.8, 4) is 11.6 Å². The Morgan fingerprint density at radius 2 is 1.79 bits per heavy atom. The van der Waals surface area contributed by atoms with Crippen LogP contribution in [0, 0.1) is 5.41 Å². The number of aromatic nitrogens is 5. The van der Waals surface area contributed by atoms with Gasteiger partial charge in [0.05, 0.1) is 24.3 Å². The molecule has 5 aliphatic rings. The molecular formula is C32H39F3N8O5. The number of fused-ring (bicyclic) bond motifs is 2. The number of methoxy groups -OCH3 is 1. The molecule has 258 valence electrons. The van der Waals surface area contributed by atoms with Crippen molar-refractivity contribution in [3.05, 3.63) is 34.2 Å². The number of carbonyl (C=O) groups excluding carboxylic acids is 2. The third kappa shape index (κ3) is 5.05. The zero-order valence-electron chi connectivity index (χ0n) is 27.6. The monoisotopic (exact) mass is 672 g/mol. The average molecular weight is 673 g/mol. The minimum atomic E-state index is -4.30. The van der Waals surface area contributed by atoms with Gasteiger partial charge in [0.25, 0.3) is 0 Å². The van der Waals surface area contributed by atoms with Gasteiger partial charge in [0, 0.05) is 42.6 Å². The number of nitrogens with zero attached hydrogens (tertiary/aromatic N) is 7. The molecule has 2 bridgehead atoms. The lowest BCUT2D eigenvalue weighted by molar-refractivity contribution is -0.337. The highest BCUT2D eigenvalue weighted by molar-refractivity contribution is 5.83. The molecule has 8 rings (SSSR count). The molecule has 0 radical (unpaired) electrons. The first-order chi connectivity index (χ1) is 22.6. The Balaban J connectivity index is 1.26. The summed E-state index contributed by atoms with van der Waals surface area (Å²) in [6, 6.07) is 2.95. The number of pyridine rings is 2. The van der Waals surface area contributed by atoms with E-state index in [1.807, 2.05) is 32.6 Å². The van der Waals surface area contributed by atoms with E-state index in [4.69, 9.17) is 9.47 Å². The molecule has 0 aromatic carbocycles. The van der Waals surface area contributed by atoms with E-state index in [0.717, 1.165) is 12.8 Å². The summed E-state index contributed by atoms with van der Waals surface area (Å²) in [5.74, 6) is -0.153. The van der Waals surface area contributed by atoms with Crippen LogP contribution >= 0.6 is 0 Å². The van der Waals surface area contributed by atoms with E-state index >= 15 is 0 Å². The Morgan fingerprint density at radius 1 is 1.08 bits per heavy atom. The predicted molar refractivity (Wildman–Crippen MR) is 167 cm³/mol. The number of carbonyl (C=O) groups is 2. The summed E-state index contributed by atoms with van der Waals surface area (Å²) in [5, 5.41) is 12.1. The lowest BCUT2D eigenvalue weighted by atomic mass is 9.39. The minimum absolute atomic E-state index is 0.0396. The van der Waals surface area contributed by atoms with Crippen LogP contribution in [-0.4, -0.2) is 91.0 Å². The quantitative estimate of drug-likeness (QED) is 0.398. The standard InChI is InChI=1S/C32H39F3N8O5/c1-6-19-25(40-11-12-41(21-8-7-20(21)40)28(46)48-29(2,3)4)26(45)24-27(39-43(38-24)18-9-10-36-23(13-18)47-5)42(19)14-22(44)37-31-15-30(16-31,17-31)32(33,34)35/h9-10,13,20-21H,6-8,11-12,14-17H2,1-5H3,(H,37,44)/t20-,21-,30?,31?/m0/s1. The summed E-state index contributed by atoms with van der Waals surface area (Å²) in [7, 11) is 1.47. The molecule has 0 spiro atoms. The second kappa shape index (κ2) is 10.8. The van der Waals surface area contributed by atoms with Crippen molar-refractivity contribution in [2.75, 3.05) is 25.1 Å². The van der Waals surface area contributed by atoms with Gasteiger partial charge in [0.2, 0.25) is 17.2 Å². The molecular weight excluding hydrogens is 633 g/mol. The van der Waals surface area contributed by atoms with E-state index in [1.54, 1.807) is 21.6 Å². The Labute approximate surface area is 274 Å². The van der Waals surface area contributed by atoms with E-state index in [0.29, 0.717) is 42.5 Å². The lowest BCUT2D eigenvalue weighted by Crippen LogP contribution is -2.78. The maximum absolute atomic E-state index is 14.4. The maximum Gasteiger partial charge on any atom is 0.410 e. The number of piperazine rings is 1. The first-order valence-corrected chi connectivity index (χ1v) is 16.2. The number of alkyl halides is 3. The molecule has 48 heavy (non-hydrogen) atoms. The van der Waals surface area contributed by atoms with E-state index < -0.39 is 34.7 Å². The van der Waals surface area contributed by atoms with Crippen molar-refractivity contribution in [1.29, 1.82) is 0 Å². The summed E-state index contributed by atoms with van der Waals surface area (Å²) >= 11 is 0. The average Bonchev–Trinajstić information content (AvgIpc) is 3.40. The molecule has 4 heterocycles. The first kappa shape index (κ1) is 32.2. The van der Waals surface area contributed by atoms with Crippen molar-refractivity contribution in [1.82, 2.24) is 34.8 Å². The fourth-order valence-electron chi connectivity index (χ4n) is 7.97. The van der Waals surface area contributed by atoms with Gasteiger partial charge in [-0.05, 0) is 65.4 Å². The van der Waals surface area contributed by atoms with Gasteiger partial charge in [0.15, 0.2) is 11.2 Å². The molecule has 2 atom stereocenters. The number of ether oxygens (including phenoxy) is 2. The number of hydrogen-bond donors (Lipinski definition) is 1. The molecule has 1 saturated heterocycles. The predicted octanol–water partition coefficient (Wildman–Crippen LogP) is 3.74. The summed E-state index contributed by atoms with van der Waals surface area (Å²) in [6.45, 7) is 7.76. The molecule has 13 nitrogen and oxygen atoms in total. The number of hydrogen-bond acceptors (Lipinski definition) is 9. The molecule has 1 N–H and O–H groups in total. The van der Waals surface area contributed by atoms with Gasteiger partial charge >= 0.3 is 12.3 Å². The third-order valence-electron chi connectivity index (χ3n) is 10.2. The van der Waals surface area contributed by atoms with Crippen LogP contribution in [0.4, 0.5) is 23.7 Å². The van der Waals surface area contributed by atoms with Gasteiger partial charge in [-0.3, -0.25) is 9.59 Å². The molecule has 16 heteroatoms. The van der Waals surface area contributed by atoms with Gasteiger partial charge in [-0.25, -0.2) is 9.78 Å². The fraction of sp³-hybridized carbons (Fsp3) is 0.625. The molecule has 5 fully saturated rings. The van der Waals surface area contributed by atoms with Crippen molar-refractivity contribution >= 4 is 28.9 Å². The molecule has 2 amide bonds. The number of halogens is 3. The second-order valence-electron chi connectivity index (χ2n) is 14.5. The Hall–Kier alpha value is -4.37. The van der Waals surface area contributed by atoms with Gasteiger partial charge < -0.3 is 29.2 Å². The van der Waals surface area contributed by atoms with Gasteiger partial charge in [-0.1, -0.05) is 6.92 Å². The van der Waals surface area contributed by atoms with Crippen LogP contribution < -0.4 is 20.4 Å². The van der Waals surface area contributed by atoms with Crippen molar-refractivity contribution in [2.24, 2.45) is 5.41 Å². The van der Waals surface area contributed by atoms with Crippen molar-refractivity contribution < 1.29 is 32.2 Å². The smallest absolute Gasteiger partial charge is 0.410 e. The minimum Gasteiger partial charge on any atom is -0.481 e. The first-order valence-electron chi connectivity index (χ1n) is 16.2. The van der Waals surface area contributed by atoms with Crippen LogP contribution in [-0.2, 0) is 22.5 Å². The lowest BCUT2D eigenvalue weighted by Gasteiger charge is -2.70. The van der Waals surface area contributed by atoms with Gasteiger partial charge in [0.1, 0.15) is 17.8 Å². The highest BCUT2D eigenvalue weighted by Crippen LogP contribution is 2.73. The van der Waals surface area contributed by atoms with Crippen LogP contribution in [0.2, 0.25) is 0 Å². The van der Waals surface area contributed by atoms with E-state index in [9.17, 15) is 27.6 Å². The number of rotatable bonds is 7. The van der Waals surface area contributed by atoms with E-state index in [-0.39, 0.29) is 54.5 Å². The number of nitrogens with one attached hydrogen (secondary N) is 1. The molecule has 4 saturated carbocycles. The van der Waals surface area contributed by atoms with Crippen LogP contribution in [0.5, 0.6) is 5.88 Å². The number of amides is 2. The fourth-order valence-corrected chi connectivity index (χ4v) is 7.97. The van der Waals surface area contributed by atoms with Crippen LogP contribution in [0.3, 0.4) is 0 Å². The van der Waals surface area contributed by atoms with Gasteiger partial charge in [-0.2, -0.15) is 13.2 Å². The van der Waals surface area contributed by atoms with Crippen molar-refractivity contribution in [3.63, 3.8) is 0 Å². The summed E-state index contributed by atoms with van der Waals surface area (Å²) < 4.78 is 53.1. The van der Waals surface area contributed by atoms with E-state index in [2.05, 4.69) is 20.5 Å². The zero-order valence-corrected chi connectivity index (χ0v) is 27.6. The maximum atomic E-state index is 14.4. The second-order valence-corrected chi connectivity index (χ2v) is 14.5. The summed E-state index contributed by atoms with van der Waals surface area (Å²) in [4.78, 5) is 50.2. The zero-order chi connectivity index (χ0) is 34.4. The highest BCUT2D eigenvalue weighted by atomic mass is 19.4. The normalized spacial score (nSPS) is 26.2. The Morgan fingerprint density at radius 3 is 2.40 bits per heavy atom. The molecule has 0 unspecified atom stereocenters. The molecule has 3 aromatic rings. The largest absolute Gasteiger partial charge is 0.481 e. The van der Waals surface area contributed by atoms with Gasteiger partial charge in [-0.15, -0.1) is 15.0 Å². The van der Waals surface area contributed by atoms with Crippen LogP contribution in [0.25, 0.3) is 16.9 Å². The summed E-state index contributed by atoms with van der Waals surface area (Å²) in [5.41, 5.74) is -1.95. The van der Waals surface area contributed by atoms with Crippen LogP contribution in [0.1, 0.15) is 65.5 Å². The van der Waals surface area contributed by atoms with Crippen molar-refractivity contribution in [2.45, 2.75) is 102 Å². The summed E-state index contributed by atoms with van der Waals surface area (Å²) in [6.07, 6.45) is -1.72. The van der Waals surface area contributed by atoms with E-state index in [1.165, 1.54) is 18.1 Å². The Kier molecular flexibility index (Phi) is 7.26. The Bertz CT molecular complexity index is 1840. The topological polar surface area (TPSA) is 137 Å². The highest BCUT2D eigenvalue weighted by Gasteiger charge is 2.79. The number of anilines is 1. The molecule has 4 aliphatic carbocycles. The van der Waals surface area contributed by atoms with Crippen LogP contribution in [0.15, 0.2) is 23.1 Å². The third-order valence-corrected chi connectivity index (χ3v) is 10.2. The molecule has 1 aliphatic heterocycles. The molecule has 3 aromatic heterocycles.